The van der Waals surface area contributed by atoms with Gasteiger partial charge in [-0.2, -0.15) is 0 Å². The van der Waals surface area contributed by atoms with Gasteiger partial charge >= 0.3 is 0 Å². The smallest absolute Gasteiger partial charge is 0.181 e. The van der Waals surface area contributed by atoms with Crippen molar-refractivity contribution in [2.75, 3.05) is 6.61 Å². The second-order valence-corrected chi connectivity index (χ2v) is 5.13. The molecule has 0 fully saturated rings. The SMILES string of the molecule is CC(=O)c1nnn(CCOc2cccc3ccccc23)c1C. The summed E-state index contributed by atoms with van der Waals surface area (Å²) in [7, 11) is 0. The van der Waals surface area contributed by atoms with Gasteiger partial charge < -0.3 is 4.74 Å². The highest BCUT2D eigenvalue weighted by molar-refractivity contribution is 5.93. The lowest BCUT2D eigenvalue weighted by Gasteiger charge is -2.09. The van der Waals surface area contributed by atoms with Crippen LogP contribution in [0.4, 0.5) is 0 Å². The largest absolute Gasteiger partial charge is 0.491 e. The Labute approximate surface area is 128 Å². The van der Waals surface area contributed by atoms with E-state index in [1.54, 1.807) is 4.68 Å². The van der Waals surface area contributed by atoms with Gasteiger partial charge in [0, 0.05) is 12.3 Å². The van der Waals surface area contributed by atoms with Crippen LogP contribution in [-0.4, -0.2) is 27.4 Å². The molecule has 2 aromatic carbocycles. The van der Waals surface area contributed by atoms with E-state index in [0.29, 0.717) is 18.8 Å². The number of carbonyl (C=O) groups excluding carboxylic acids is 1. The number of rotatable bonds is 5. The highest BCUT2D eigenvalue weighted by Gasteiger charge is 2.12. The van der Waals surface area contributed by atoms with E-state index in [1.807, 2.05) is 37.3 Å². The van der Waals surface area contributed by atoms with Crippen LogP contribution in [0.2, 0.25) is 0 Å². The molecule has 5 heteroatoms. The van der Waals surface area contributed by atoms with Crippen molar-refractivity contribution in [1.82, 2.24) is 15.0 Å². The standard InChI is InChI=1S/C17H17N3O2/c1-12-17(13(2)21)18-19-20(12)10-11-22-16-9-5-7-14-6-3-4-8-15(14)16/h3-9H,10-11H2,1-2H3. The van der Waals surface area contributed by atoms with Crippen LogP contribution < -0.4 is 4.74 Å². The van der Waals surface area contributed by atoms with Crippen molar-refractivity contribution in [2.45, 2.75) is 20.4 Å². The molecule has 112 valence electrons. The second kappa shape index (κ2) is 5.97. The third kappa shape index (κ3) is 2.70. The van der Waals surface area contributed by atoms with Gasteiger partial charge in [-0.25, -0.2) is 4.68 Å². The molecule has 22 heavy (non-hydrogen) atoms. The summed E-state index contributed by atoms with van der Waals surface area (Å²) in [6.45, 7) is 4.35. The van der Waals surface area contributed by atoms with Gasteiger partial charge in [0.05, 0.1) is 12.2 Å². The summed E-state index contributed by atoms with van der Waals surface area (Å²) in [6.07, 6.45) is 0. The van der Waals surface area contributed by atoms with Crippen LogP contribution in [0, 0.1) is 6.92 Å². The Morgan fingerprint density at radius 2 is 1.95 bits per heavy atom. The molecule has 0 bridgehead atoms. The van der Waals surface area contributed by atoms with E-state index in [1.165, 1.54) is 6.92 Å². The molecule has 5 nitrogen and oxygen atoms in total. The van der Waals surface area contributed by atoms with Crippen LogP contribution in [0.15, 0.2) is 42.5 Å². The van der Waals surface area contributed by atoms with Crippen LogP contribution in [-0.2, 0) is 6.54 Å². The van der Waals surface area contributed by atoms with Gasteiger partial charge in [0.2, 0.25) is 0 Å². The number of hydrogen-bond donors (Lipinski definition) is 0. The summed E-state index contributed by atoms with van der Waals surface area (Å²) in [5, 5.41) is 10.1. The summed E-state index contributed by atoms with van der Waals surface area (Å²) >= 11 is 0. The number of ether oxygens (including phenoxy) is 1. The minimum absolute atomic E-state index is 0.0706. The Morgan fingerprint density at radius 3 is 2.73 bits per heavy atom. The van der Waals surface area contributed by atoms with E-state index in [0.717, 1.165) is 22.2 Å². The van der Waals surface area contributed by atoms with Crippen molar-refractivity contribution < 1.29 is 9.53 Å². The molecule has 0 atom stereocenters. The topological polar surface area (TPSA) is 57.0 Å². The molecule has 1 aromatic heterocycles. The Morgan fingerprint density at radius 1 is 1.18 bits per heavy atom. The van der Waals surface area contributed by atoms with Gasteiger partial charge in [-0.3, -0.25) is 4.79 Å². The van der Waals surface area contributed by atoms with Crippen LogP contribution in [0.5, 0.6) is 5.75 Å². The van der Waals surface area contributed by atoms with E-state index in [9.17, 15) is 4.79 Å². The lowest BCUT2D eigenvalue weighted by Crippen LogP contribution is -2.11. The first-order valence-electron chi connectivity index (χ1n) is 7.18. The number of fused-ring (bicyclic) bond motifs is 1. The van der Waals surface area contributed by atoms with E-state index in [-0.39, 0.29) is 5.78 Å². The van der Waals surface area contributed by atoms with Crippen molar-refractivity contribution in [3.63, 3.8) is 0 Å². The summed E-state index contributed by atoms with van der Waals surface area (Å²) in [5.41, 5.74) is 1.19. The fourth-order valence-corrected chi connectivity index (χ4v) is 2.46. The molecule has 0 aliphatic heterocycles. The monoisotopic (exact) mass is 295 g/mol. The highest BCUT2D eigenvalue weighted by atomic mass is 16.5. The predicted octanol–water partition coefficient (Wildman–Crippen LogP) is 3.02. The van der Waals surface area contributed by atoms with Crippen molar-refractivity contribution in [2.24, 2.45) is 0 Å². The third-order valence-electron chi connectivity index (χ3n) is 3.63. The molecule has 0 unspecified atom stereocenters. The number of aromatic nitrogens is 3. The molecule has 3 aromatic rings. The minimum atomic E-state index is -0.0706. The second-order valence-electron chi connectivity index (χ2n) is 5.13. The van der Waals surface area contributed by atoms with Crippen LogP contribution >= 0.6 is 0 Å². The van der Waals surface area contributed by atoms with Gasteiger partial charge in [0.15, 0.2) is 11.5 Å². The normalized spacial score (nSPS) is 10.8. The molecule has 0 spiro atoms. The molecule has 0 aliphatic rings. The number of Topliss-reactive ketones (excluding diaryl/α,β-unsaturated/α-hetero) is 1. The Balaban J connectivity index is 1.71. The Hall–Kier alpha value is -2.69. The maximum atomic E-state index is 11.4. The molecule has 0 N–H and O–H groups in total. The quantitative estimate of drug-likeness (QED) is 0.679. The summed E-state index contributed by atoms with van der Waals surface area (Å²) in [4.78, 5) is 11.4. The number of benzene rings is 2. The number of carbonyl (C=O) groups is 1. The van der Waals surface area contributed by atoms with E-state index < -0.39 is 0 Å². The maximum absolute atomic E-state index is 11.4. The zero-order chi connectivity index (χ0) is 15.5. The molecule has 0 saturated heterocycles. The highest BCUT2D eigenvalue weighted by Crippen LogP contribution is 2.25. The molecule has 1 heterocycles. The lowest BCUT2D eigenvalue weighted by atomic mass is 10.1. The first-order chi connectivity index (χ1) is 10.7. The van der Waals surface area contributed by atoms with E-state index >= 15 is 0 Å². The zero-order valence-corrected chi connectivity index (χ0v) is 12.6. The fraction of sp³-hybridized carbons (Fsp3) is 0.235. The molecular weight excluding hydrogens is 278 g/mol. The number of ketones is 1. The van der Waals surface area contributed by atoms with Gasteiger partial charge in [-0.1, -0.05) is 41.6 Å². The van der Waals surface area contributed by atoms with Gasteiger partial charge in [-0.15, -0.1) is 5.10 Å². The first-order valence-corrected chi connectivity index (χ1v) is 7.18. The van der Waals surface area contributed by atoms with Crippen molar-refractivity contribution in [3.05, 3.63) is 53.9 Å². The number of hydrogen-bond acceptors (Lipinski definition) is 4. The van der Waals surface area contributed by atoms with E-state index in [2.05, 4.69) is 22.4 Å². The van der Waals surface area contributed by atoms with E-state index in [4.69, 9.17) is 4.74 Å². The summed E-state index contributed by atoms with van der Waals surface area (Å²) < 4.78 is 7.57. The molecule has 0 aliphatic carbocycles. The van der Waals surface area contributed by atoms with Crippen molar-refractivity contribution in [1.29, 1.82) is 0 Å². The Kier molecular flexibility index (Phi) is 3.87. The van der Waals surface area contributed by atoms with Crippen LogP contribution in [0.1, 0.15) is 23.1 Å². The average Bonchev–Trinajstić information content (AvgIpc) is 2.89. The molecule has 0 radical (unpaired) electrons. The Bertz CT molecular complexity index is 818. The molecule has 3 rings (SSSR count). The predicted molar refractivity (Wildman–Crippen MR) is 84.2 cm³/mol. The van der Waals surface area contributed by atoms with Crippen LogP contribution in [0.25, 0.3) is 10.8 Å². The number of nitrogens with zero attached hydrogens (tertiary/aromatic N) is 3. The van der Waals surface area contributed by atoms with Gasteiger partial charge in [0.25, 0.3) is 0 Å². The maximum Gasteiger partial charge on any atom is 0.181 e. The van der Waals surface area contributed by atoms with Crippen molar-refractivity contribution >= 4 is 16.6 Å². The summed E-state index contributed by atoms with van der Waals surface area (Å²) in [6, 6.07) is 14.1. The van der Waals surface area contributed by atoms with Gasteiger partial charge in [-0.05, 0) is 18.4 Å². The van der Waals surface area contributed by atoms with Crippen LogP contribution in [0.3, 0.4) is 0 Å². The van der Waals surface area contributed by atoms with Crippen molar-refractivity contribution in [3.8, 4) is 5.75 Å². The minimum Gasteiger partial charge on any atom is -0.491 e. The zero-order valence-electron chi connectivity index (χ0n) is 12.6. The van der Waals surface area contributed by atoms with Gasteiger partial charge in [0.1, 0.15) is 12.4 Å². The lowest BCUT2D eigenvalue weighted by molar-refractivity contribution is 0.101. The fourth-order valence-electron chi connectivity index (χ4n) is 2.46. The molecule has 0 amide bonds. The average molecular weight is 295 g/mol. The molecule has 0 saturated carbocycles. The first kappa shape index (κ1) is 14.3. The molecular formula is C17H17N3O2. The summed E-state index contributed by atoms with van der Waals surface area (Å²) in [5.74, 6) is 0.779. The third-order valence-corrected chi connectivity index (χ3v) is 3.63.